The van der Waals surface area contributed by atoms with E-state index in [1.54, 1.807) is 13.8 Å². The van der Waals surface area contributed by atoms with Crippen molar-refractivity contribution in [3.63, 3.8) is 0 Å². The smallest absolute Gasteiger partial charge is 0.350 e. The molecule has 0 saturated heterocycles. The van der Waals surface area contributed by atoms with E-state index in [2.05, 4.69) is 10.3 Å². The quantitative estimate of drug-likeness (QED) is 0.835. The van der Waals surface area contributed by atoms with Crippen LogP contribution in [0.1, 0.15) is 42.6 Å². The minimum absolute atomic E-state index is 0.120. The molecule has 0 aliphatic rings. The van der Waals surface area contributed by atoms with Gasteiger partial charge < -0.3 is 10.1 Å². The van der Waals surface area contributed by atoms with Gasteiger partial charge in [-0.2, -0.15) is 0 Å². The van der Waals surface area contributed by atoms with Gasteiger partial charge in [-0.15, -0.1) is 0 Å². The first-order chi connectivity index (χ1) is 8.43. The van der Waals surface area contributed by atoms with Gasteiger partial charge in [-0.3, -0.25) is 4.79 Å². The van der Waals surface area contributed by atoms with Crippen molar-refractivity contribution in [3.8, 4) is 0 Å². The number of hydrogen-bond donors (Lipinski definition) is 1. The summed E-state index contributed by atoms with van der Waals surface area (Å²) in [5.41, 5.74) is 0.583. The number of anilines is 1. The zero-order valence-electron chi connectivity index (χ0n) is 11.1. The second-order valence-corrected chi connectivity index (χ2v) is 5.33. The normalized spacial score (nSPS) is 10.5. The molecule has 1 heterocycles. The summed E-state index contributed by atoms with van der Waals surface area (Å²) in [5.74, 6) is -0.206. The van der Waals surface area contributed by atoms with Gasteiger partial charge in [0.2, 0.25) is 5.91 Å². The lowest BCUT2D eigenvalue weighted by molar-refractivity contribution is -0.115. The number of ether oxygens (including phenoxy) is 1. The van der Waals surface area contributed by atoms with Crippen LogP contribution >= 0.6 is 11.3 Å². The lowest BCUT2D eigenvalue weighted by atomic mass is 10.2. The lowest BCUT2D eigenvalue weighted by Crippen LogP contribution is -2.09. The molecular formula is C12H18N2O3S. The van der Waals surface area contributed by atoms with E-state index in [-0.39, 0.29) is 11.9 Å². The Labute approximate surface area is 111 Å². The van der Waals surface area contributed by atoms with Crippen LogP contribution in [0.25, 0.3) is 0 Å². The van der Waals surface area contributed by atoms with Crippen molar-refractivity contribution in [2.45, 2.75) is 34.1 Å². The molecule has 1 aromatic rings. The average Bonchev–Trinajstić information content (AvgIpc) is 2.66. The zero-order chi connectivity index (χ0) is 13.7. The van der Waals surface area contributed by atoms with E-state index >= 15 is 0 Å². The minimum atomic E-state index is -0.379. The van der Waals surface area contributed by atoms with Gasteiger partial charge in [-0.25, -0.2) is 9.78 Å². The Kier molecular flexibility index (Phi) is 5.27. The monoisotopic (exact) mass is 270 g/mol. The number of aromatic nitrogens is 1. The maximum Gasteiger partial charge on any atom is 0.350 e. The standard InChI is InChI=1S/C12H18N2O3S/c1-5-9(15)14-12-13-8(4)10(18-12)11(16)17-6-7(2)3/h7H,5-6H2,1-4H3,(H,13,14,15). The number of carbonyl (C=O) groups is 2. The summed E-state index contributed by atoms with van der Waals surface area (Å²) in [6.07, 6.45) is 0.381. The molecular weight excluding hydrogens is 252 g/mol. The number of carbonyl (C=O) groups excluding carboxylic acids is 2. The molecule has 0 aliphatic heterocycles. The zero-order valence-corrected chi connectivity index (χ0v) is 11.9. The van der Waals surface area contributed by atoms with Crippen molar-refractivity contribution in [2.75, 3.05) is 11.9 Å². The molecule has 5 nitrogen and oxygen atoms in total. The Morgan fingerprint density at radius 1 is 1.44 bits per heavy atom. The number of nitrogens with zero attached hydrogens (tertiary/aromatic N) is 1. The van der Waals surface area contributed by atoms with E-state index in [9.17, 15) is 9.59 Å². The highest BCUT2D eigenvalue weighted by Crippen LogP contribution is 2.23. The Bertz CT molecular complexity index is 441. The van der Waals surface area contributed by atoms with E-state index in [0.29, 0.717) is 34.6 Å². The van der Waals surface area contributed by atoms with Crippen LogP contribution in [0.2, 0.25) is 0 Å². The minimum Gasteiger partial charge on any atom is -0.461 e. The van der Waals surface area contributed by atoms with E-state index in [0.717, 1.165) is 11.3 Å². The predicted octanol–water partition coefficient (Wildman–Crippen LogP) is 2.61. The molecule has 18 heavy (non-hydrogen) atoms. The van der Waals surface area contributed by atoms with Crippen LogP contribution in [0.5, 0.6) is 0 Å². The average molecular weight is 270 g/mol. The van der Waals surface area contributed by atoms with Gasteiger partial charge in [0, 0.05) is 6.42 Å². The SMILES string of the molecule is CCC(=O)Nc1nc(C)c(C(=O)OCC(C)C)s1. The van der Waals surface area contributed by atoms with Crippen molar-refractivity contribution in [1.82, 2.24) is 4.98 Å². The molecule has 1 rings (SSSR count). The molecule has 6 heteroatoms. The van der Waals surface area contributed by atoms with Crippen molar-refractivity contribution < 1.29 is 14.3 Å². The molecule has 0 aromatic carbocycles. The number of esters is 1. The number of hydrogen-bond acceptors (Lipinski definition) is 5. The summed E-state index contributed by atoms with van der Waals surface area (Å²) in [4.78, 5) is 27.6. The molecule has 1 amide bonds. The predicted molar refractivity (Wildman–Crippen MR) is 70.9 cm³/mol. The Balaban J connectivity index is 2.71. The van der Waals surface area contributed by atoms with E-state index < -0.39 is 0 Å². The van der Waals surface area contributed by atoms with Crippen molar-refractivity contribution >= 4 is 28.3 Å². The summed E-state index contributed by atoms with van der Waals surface area (Å²) in [7, 11) is 0. The molecule has 0 radical (unpaired) electrons. The molecule has 0 aliphatic carbocycles. The van der Waals surface area contributed by atoms with Gasteiger partial charge in [0.1, 0.15) is 4.88 Å². The molecule has 1 aromatic heterocycles. The maximum atomic E-state index is 11.8. The molecule has 0 bridgehead atoms. The van der Waals surface area contributed by atoms with Crippen LogP contribution in [-0.4, -0.2) is 23.5 Å². The van der Waals surface area contributed by atoms with Gasteiger partial charge in [0.25, 0.3) is 0 Å². The Morgan fingerprint density at radius 2 is 2.11 bits per heavy atom. The topological polar surface area (TPSA) is 68.3 Å². The summed E-state index contributed by atoms with van der Waals surface area (Å²) in [6.45, 7) is 7.81. The largest absolute Gasteiger partial charge is 0.461 e. The van der Waals surface area contributed by atoms with Gasteiger partial charge in [0.05, 0.1) is 12.3 Å². The highest BCUT2D eigenvalue weighted by atomic mass is 32.1. The molecule has 0 saturated carbocycles. The van der Waals surface area contributed by atoms with Crippen LogP contribution in [0.15, 0.2) is 0 Å². The Morgan fingerprint density at radius 3 is 2.67 bits per heavy atom. The number of rotatable bonds is 5. The lowest BCUT2D eigenvalue weighted by Gasteiger charge is -2.05. The van der Waals surface area contributed by atoms with Crippen LogP contribution in [0, 0.1) is 12.8 Å². The first kappa shape index (κ1) is 14.6. The highest BCUT2D eigenvalue weighted by Gasteiger charge is 2.17. The third kappa shape index (κ3) is 4.10. The molecule has 0 unspecified atom stereocenters. The fourth-order valence-corrected chi connectivity index (χ4v) is 2.03. The van der Waals surface area contributed by atoms with E-state index in [1.165, 1.54) is 0 Å². The van der Waals surface area contributed by atoms with Gasteiger partial charge in [-0.05, 0) is 12.8 Å². The third-order valence-electron chi connectivity index (χ3n) is 2.10. The van der Waals surface area contributed by atoms with Crippen molar-refractivity contribution in [2.24, 2.45) is 5.92 Å². The van der Waals surface area contributed by atoms with Crippen molar-refractivity contribution in [3.05, 3.63) is 10.6 Å². The van der Waals surface area contributed by atoms with E-state index in [1.807, 2.05) is 13.8 Å². The first-order valence-electron chi connectivity index (χ1n) is 5.88. The van der Waals surface area contributed by atoms with Crippen LogP contribution in [0.4, 0.5) is 5.13 Å². The number of thiazole rings is 1. The number of aryl methyl sites for hydroxylation is 1. The van der Waals surface area contributed by atoms with Crippen LogP contribution < -0.4 is 5.32 Å². The third-order valence-corrected chi connectivity index (χ3v) is 3.15. The van der Waals surface area contributed by atoms with Crippen molar-refractivity contribution in [1.29, 1.82) is 0 Å². The maximum absolute atomic E-state index is 11.8. The first-order valence-corrected chi connectivity index (χ1v) is 6.70. The second kappa shape index (κ2) is 6.49. The Hall–Kier alpha value is -1.43. The van der Waals surface area contributed by atoms with Gasteiger partial charge >= 0.3 is 5.97 Å². The molecule has 0 atom stereocenters. The number of nitrogens with one attached hydrogen (secondary N) is 1. The van der Waals surface area contributed by atoms with Crippen LogP contribution in [0.3, 0.4) is 0 Å². The number of amides is 1. The molecule has 0 spiro atoms. The fourth-order valence-electron chi connectivity index (χ4n) is 1.15. The van der Waals surface area contributed by atoms with Gasteiger partial charge in [0.15, 0.2) is 5.13 Å². The summed E-state index contributed by atoms with van der Waals surface area (Å²) >= 11 is 1.15. The fraction of sp³-hybridized carbons (Fsp3) is 0.583. The van der Waals surface area contributed by atoms with E-state index in [4.69, 9.17) is 4.74 Å². The second-order valence-electron chi connectivity index (χ2n) is 4.33. The summed E-state index contributed by atoms with van der Waals surface area (Å²) < 4.78 is 5.13. The van der Waals surface area contributed by atoms with Gasteiger partial charge in [-0.1, -0.05) is 32.1 Å². The summed E-state index contributed by atoms with van der Waals surface area (Å²) in [5, 5.41) is 3.07. The van der Waals surface area contributed by atoms with Crippen LogP contribution in [-0.2, 0) is 9.53 Å². The molecule has 0 fully saturated rings. The summed E-state index contributed by atoms with van der Waals surface area (Å²) in [6, 6.07) is 0. The molecule has 1 N–H and O–H groups in total. The molecule has 100 valence electrons. The highest BCUT2D eigenvalue weighted by molar-refractivity contribution is 7.17.